The first-order valence-electron chi connectivity index (χ1n) is 7.09. The van der Waals surface area contributed by atoms with Crippen molar-refractivity contribution >= 4 is 27.7 Å². The number of thioether (sulfide) groups is 1. The average molecular weight is 364 g/mol. The Morgan fingerprint density at radius 1 is 1.19 bits per heavy atom. The first kappa shape index (κ1) is 14.9. The molecule has 2 aromatic carbocycles. The van der Waals surface area contributed by atoms with Gasteiger partial charge in [0.2, 0.25) is 0 Å². The fraction of sp³-hybridized carbons (Fsp3) is 0.294. The second kappa shape index (κ2) is 6.86. The first-order valence-corrected chi connectivity index (χ1v) is 9.11. The molecule has 0 radical (unpaired) electrons. The van der Waals surface area contributed by atoms with Gasteiger partial charge in [-0.1, -0.05) is 28.1 Å². The van der Waals surface area contributed by atoms with E-state index in [1.807, 2.05) is 30.3 Å². The van der Waals surface area contributed by atoms with Crippen molar-refractivity contribution in [1.29, 1.82) is 0 Å². The van der Waals surface area contributed by atoms with Crippen LogP contribution in [0.15, 0.2) is 51.8 Å². The van der Waals surface area contributed by atoms with E-state index in [9.17, 15) is 0 Å². The number of ether oxygens (including phenoxy) is 1. The van der Waals surface area contributed by atoms with E-state index in [2.05, 4.69) is 39.6 Å². The maximum absolute atomic E-state index is 6.16. The number of nitrogens with one attached hydrogen (secondary N) is 1. The van der Waals surface area contributed by atoms with Crippen molar-refractivity contribution in [3.63, 3.8) is 0 Å². The second-order valence-corrected chi connectivity index (χ2v) is 6.92. The SMILES string of the molecule is CSc1ccccc1Oc1ccc(Br)cc1CNC1CC1. The van der Waals surface area contributed by atoms with E-state index in [4.69, 9.17) is 4.74 Å². The van der Waals surface area contributed by atoms with Gasteiger partial charge in [0.15, 0.2) is 0 Å². The molecular weight excluding hydrogens is 346 g/mol. The monoisotopic (exact) mass is 363 g/mol. The highest BCUT2D eigenvalue weighted by molar-refractivity contribution is 9.10. The van der Waals surface area contributed by atoms with Crippen molar-refractivity contribution in [2.45, 2.75) is 30.3 Å². The molecule has 0 heterocycles. The maximum atomic E-state index is 6.16. The normalized spacial score (nSPS) is 14.2. The molecule has 1 fully saturated rings. The lowest BCUT2D eigenvalue weighted by atomic mass is 10.2. The van der Waals surface area contributed by atoms with Gasteiger partial charge in [0.25, 0.3) is 0 Å². The molecule has 1 aliphatic carbocycles. The van der Waals surface area contributed by atoms with Crippen molar-refractivity contribution in [3.8, 4) is 11.5 Å². The van der Waals surface area contributed by atoms with Gasteiger partial charge in [0.05, 0.1) is 0 Å². The summed E-state index contributed by atoms with van der Waals surface area (Å²) in [6.07, 6.45) is 4.65. The topological polar surface area (TPSA) is 21.3 Å². The minimum absolute atomic E-state index is 0.690. The highest BCUT2D eigenvalue weighted by Crippen LogP contribution is 2.34. The van der Waals surface area contributed by atoms with Crippen LogP contribution in [0.5, 0.6) is 11.5 Å². The van der Waals surface area contributed by atoms with Gasteiger partial charge in [0.1, 0.15) is 11.5 Å². The molecule has 0 unspecified atom stereocenters. The van der Waals surface area contributed by atoms with Gasteiger partial charge in [-0.05, 0) is 49.4 Å². The lowest BCUT2D eigenvalue weighted by Crippen LogP contribution is -2.15. The summed E-state index contributed by atoms with van der Waals surface area (Å²) in [7, 11) is 0. The highest BCUT2D eigenvalue weighted by atomic mass is 79.9. The number of hydrogen-bond acceptors (Lipinski definition) is 3. The summed E-state index contributed by atoms with van der Waals surface area (Å²) in [4.78, 5) is 1.15. The number of rotatable bonds is 6. The molecule has 3 rings (SSSR count). The Hall–Kier alpha value is -0.970. The second-order valence-electron chi connectivity index (χ2n) is 5.16. The summed E-state index contributed by atoms with van der Waals surface area (Å²) < 4.78 is 7.24. The zero-order chi connectivity index (χ0) is 14.7. The van der Waals surface area contributed by atoms with Crippen molar-refractivity contribution in [2.75, 3.05) is 6.26 Å². The largest absolute Gasteiger partial charge is 0.456 e. The fourth-order valence-corrected chi connectivity index (χ4v) is 3.08. The molecule has 1 saturated carbocycles. The third-order valence-corrected chi connectivity index (χ3v) is 4.74. The van der Waals surface area contributed by atoms with Crippen LogP contribution in [-0.4, -0.2) is 12.3 Å². The molecule has 110 valence electrons. The van der Waals surface area contributed by atoms with Gasteiger partial charge < -0.3 is 10.1 Å². The lowest BCUT2D eigenvalue weighted by molar-refractivity contribution is 0.461. The molecular formula is C17H18BrNOS. The summed E-state index contributed by atoms with van der Waals surface area (Å²) in [5.41, 5.74) is 1.19. The van der Waals surface area contributed by atoms with Gasteiger partial charge in [0, 0.05) is 27.5 Å². The summed E-state index contributed by atoms with van der Waals surface area (Å²) in [6.45, 7) is 0.848. The quantitative estimate of drug-likeness (QED) is 0.711. The average Bonchev–Trinajstić information content (AvgIpc) is 3.32. The van der Waals surface area contributed by atoms with Crippen LogP contribution in [-0.2, 0) is 6.54 Å². The van der Waals surface area contributed by atoms with Gasteiger partial charge in [-0.3, -0.25) is 0 Å². The summed E-state index contributed by atoms with van der Waals surface area (Å²) >= 11 is 5.25. The van der Waals surface area contributed by atoms with Crippen LogP contribution in [0.2, 0.25) is 0 Å². The van der Waals surface area contributed by atoms with Gasteiger partial charge in [-0.15, -0.1) is 11.8 Å². The zero-order valence-corrected chi connectivity index (χ0v) is 14.3. The zero-order valence-electron chi connectivity index (χ0n) is 11.9. The standard InChI is InChI=1S/C17H18BrNOS/c1-21-17-5-3-2-4-16(17)20-15-9-6-13(18)10-12(15)11-19-14-7-8-14/h2-6,9-10,14,19H,7-8,11H2,1H3. The van der Waals surface area contributed by atoms with Crippen molar-refractivity contribution < 1.29 is 4.74 Å². The number of benzene rings is 2. The molecule has 0 bridgehead atoms. The van der Waals surface area contributed by atoms with Crippen LogP contribution in [0.4, 0.5) is 0 Å². The minimum atomic E-state index is 0.690. The minimum Gasteiger partial charge on any atom is -0.456 e. The Balaban J connectivity index is 1.82. The van der Waals surface area contributed by atoms with Crippen LogP contribution in [0.1, 0.15) is 18.4 Å². The smallest absolute Gasteiger partial charge is 0.140 e. The maximum Gasteiger partial charge on any atom is 0.140 e. The molecule has 1 aliphatic rings. The van der Waals surface area contributed by atoms with Gasteiger partial charge >= 0.3 is 0 Å². The van der Waals surface area contributed by atoms with Gasteiger partial charge in [-0.25, -0.2) is 0 Å². The molecule has 0 saturated heterocycles. The molecule has 21 heavy (non-hydrogen) atoms. The Morgan fingerprint density at radius 3 is 2.76 bits per heavy atom. The van der Waals surface area contributed by atoms with E-state index < -0.39 is 0 Å². The van der Waals surface area contributed by atoms with Crippen LogP contribution in [0.3, 0.4) is 0 Å². The van der Waals surface area contributed by atoms with E-state index >= 15 is 0 Å². The fourth-order valence-electron chi connectivity index (χ4n) is 2.15. The third-order valence-electron chi connectivity index (χ3n) is 3.47. The number of para-hydroxylation sites is 1. The Kier molecular flexibility index (Phi) is 4.88. The number of halogens is 1. The van der Waals surface area contributed by atoms with Gasteiger partial charge in [-0.2, -0.15) is 0 Å². The first-order chi connectivity index (χ1) is 10.3. The molecule has 0 atom stereocenters. The highest BCUT2D eigenvalue weighted by Gasteiger charge is 2.20. The summed E-state index contributed by atoms with van der Waals surface area (Å²) in [5, 5.41) is 3.55. The number of hydrogen-bond donors (Lipinski definition) is 1. The van der Waals surface area contributed by atoms with Crippen LogP contribution >= 0.6 is 27.7 Å². The molecule has 0 aromatic heterocycles. The van der Waals surface area contributed by atoms with Crippen molar-refractivity contribution in [2.24, 2.45) is 0 Å². The van der Waals surface area contributed by atoms with E-state index in [-0.39, 0.29) is 0 Å². The van der Waals surface area contributed by atoms with E-state index in [1.165, 1.54) is 18.4 Å². The van der Waals surface area contributed by atoms with Crippen molar-refractivity contribution in [1.82, 2.24) is 5.32 Å². The van der Waals surface area contributed by atoms with Crippen LogP contribution in [0, 0.1) is 0 Å². The summed E-state index contributed by atoms with van der Waals surface area (Å²) in [6, 6.07) is 15.0. The van der Waals surface area contributed by atoms with E-state index in [1.54, 1.807) is 11.8 Å². The predicted molar refractivity (Wildman–Crippen MR) is 92.3 cm³/mol. The third kappa shape index (κ3) is 4.02. The Labute approximate surface area is 138 Å². The van der Waals surface area contributed by atoms with E-state index in [0.29, 0.717) is 6.04 Å². The molecule has 2 nitrogen and oxygen atoms in total. The lowest BCUT2D eigenvalue weighted by Gasteiger charge is -2.14. The molecule has 4 heteroatoms. The Morgan fingerprint density at radius 2 is 2.00 bits per heavy atom. The summed E-state index contributed by atoms with van der Waals surface area (Å²) in [5.74, 6) is 1.84. The Bertz CT molecular complexity index is 628. The molecule has 2 aromatic rings. The van der Waals surface area contributed by atoms with Crippen LogP contribution in [0.25, 0.3) is 0 Å². The van der Waals surface area contributed by atoms with E-state index in [0.717, 1.165) is 27.4 Å². The van der Waals surface area contributed by atoms with Crippen LogP contribution < -0.4 is 10.1 Å². The predicted octanol–water partition coefficient (Wildman–Crippen LogP) is 5.22. The molecule has 0 aliphatic heterocycles. The van der Waals surface area contributed by atoms with Crippen molar-refractivity contribution in [3.05, 3.63) is 52.5 Å². The molecule has 0 amide bonds. The molecule has 1 N–H and O–H groups in total. The molecule has 0 spiro atoms.